The van der Waals surface area contributed by atoms with E-state index in [4.69, 9.17) is 4.74 Å². The fourth-order valence-electron chi connectivity index (χ4n) is 2.68. The lowest BCUT2D eigenvalue weighted by atomic mass is 9.85. The lowest BCUT2D eigenvalue weighted by molar-refractivity contribution is 0.0524. The van der Waals surface area contributed by atoms with Crippen LogP contribution >= 0.6 is 0 Å². The summed E-state index contributed by atoms with van der Waals surface area (Å²) in [6.07, 6.45) is 2.77. The van der Waals surface area contributed by atoms with E-state index in [9.17, 15) is 9.35 Å². The Bertz CT molecular complexity index is 539. The van der Waals surface area contributed by atoms with Crippen molar-refractivity contribution in [3.63, 3.8) is 0 Å². The summed E-state index contributed by atoms with van der Waals surface area (Å²) in [4.78, 5) is 12.1. The molecule has 2 rings (SSSR count). The second kappa shape index (κ2) is 7.02. The molecule has 1 aromatic rings. The minimum Gasteiger partial charge on any atom is -0.598 e. The van der Waals surface area contributed by atoms with E-state index in [1.165, 1.54) is 0 Å². The van der Waals surface area contributed by atoms with Crippen LogP contribution in [0.4, 0.5) is 0 Å². The van der Waals surface area contributed by atoms with Crippen LogP contribution in [0.3, 0.4) is 0 Å². The first-order chi connectivity index (χ1) is 10.3. The summed E-state index contributed by atoms with van der Waals surface area (Å²) in [5, 5.41) is 0. The molecule has 1 aromatic carbocycles. The molecule has 0 unspecified atom stereocenters. The highest BCUT2D eigenvalue weighted by atomic mass is 32.2. The molecule has 1 N–H and O–H groups in total. The fourth-order valence-corrected chi connectivity index (χ4v) is 3.53. The van der Waals surface area contributed by atoms with Crippen LogP contribution in [-0.2, 0) is 22.5 Å². The predicted molar refractivity (Wildman–Crippen MR) is 89.1 cm³/mol. The van der Waals surface area contributed by atoms with Gasteiger partial charge in [-0.05, 0) is 64.2 Å². The average Bonchev–Trinajstić information content (AvgIpc) is 2.46. The molecular weight excluding hydrogens is 298 g/mol. The van der Waals surface area contributed by atoms with Gasteiger partial charge in [0.1, 0.15) is 4.75 Å². The summed E-state index contributed by atoms with van der Waals surface area (Å²) in [6.45, 7) is 8.04. The van der Waals surface area contributed by atoms with Crippen molar-refractivity contribution in [2.45, 2.75) is 57.7 Å². The van der Waals surface area contributed by atoms with E-state index in [0.717, 1.165) is 30.4 Å². The molecule has 0 fully saturated rings. The topological polar surface area (TPSA) is 61.4 Å². The summed E-state index contributed by atoms with van der Waals surface area (Å²) in [6, 6.07) is 5.75. The normalized spacial score (nSPS) is 19.4. The first-order valence-corrected chi connectivity index (χ1v) is 8.96. The van der Waals surface area contributed by atoms with E-state index < -0.39 is 11.4 Å². The SMILES string of the molecule is CCOC(=O)c1cccc2c1CCC[C@@H]2N[S@@+]([O-])C(C)(C)C. The van der Waals surface area contributed by atoms with Gasteiger partial charge >= 0.3 is 5.97 Å². The summed E-state index contributed by atoms with van der Waals surface area (Å²) in [5.74, 6) is -0.267. The van der Waals surface area contributed by atoms with Gasteiger partial charge in [0, 0.05) is 11.4 Å². The summed E-state index contributed by atoms with van der Waals surface area (Å²) < 4.78 is 20.4. The molecule has 22 heavy (non-hydrogen) atoms. The number of benzene rings is 1. The van der Waals surface area contributed by atoms with E-state index in [-0.39, 0.29) is 16.8 Å². The Morgan fingerprint density at radius 1 is 1.45 bits per heavy atom. The fraction of sp³-hybridized carbons (Fsp3) is 0.588. The van der Waals surface area contributed by atoms with Crippen LogP contribution in [0.1, 0.15) is 68.1 Å². The van der Waals surface area contributed by atoms with E-state index in [2.05, 4.69) is 4.72 Å². The molecule has 5 heteroatoms. The number of hydrogen-bond donors (Lipinski definition) is 1. The van der Waals surface area contributed by atoms with Gasteiger partial charge in [-0.15, -0.1) is 4.72 Å². The third-order valence-electron chi connectivity index (χ3n) is 3.81. The van der Waals surface area contributed by atoms with Crippen LogP contribution in [0.25, 0.3) is 0 Å². The average molecular weight is 323 g/mol. The monoisotopic (exact) mass is 323 g/mol. The maximum Gasteiger partial charge on any atom is 0.338 e. The van der Waals surface area contributed by atoms with Crippen molar-refractivity contribution in [2.24, 2.45) is 0 Å². The van der Waals surface area contributed by atoms with Gasteiger partial charge in [-0.3, -0.25) is 0 Å². The molecule has 0 spiro atoms. The molecule has 2 atom stereocenters. The first kappa shape index (κ1) is 17.3. The Labute approximate surface area is 135 Å². The highest BCUT2D eigenvalue weighted by molar-refractivity contribution is 7.90. The minimum atomic E-state index is -1.13. The van der Waals surface area contributed by atoms with Crippen LogP contribution in [0, 0.1) is 0 Å². The number of carbonyl (C=O) groups is 1. The van der Waals surface area contributed by atoms with Gasteiger partial charge in [-0.1, -0.05) is 12.1 Å². The molecule has 0 saturated heterocycles. The van der Waals surface area contributed by atoms with Gasteiger partial charge in [0.15, 0.2) is 0 Å². The third-order valence-corrected chi connectivity index (χ3v) is 5.42. The second-order valence-corrected chi connectivity index (χ2v) is 8.54. The Hall–Kier alpha value is -1.04. The molecule has 0 aromatic heterocycles. The number of fused-ring (bicyclic) bond motifs is 1. The Morgan fingerprint density at radius 3 is 2.82 bits per heavy atom. The molecular formula is C17H25NO3S. The van der Waals surface area contributed by atoms with Gasteiger partial charge < -0.3 is 9.29 Å². The van der Waals surface area contributed by atoms with Gasteiger partial charge in [-0.2, -0.15) is 0 Å². The van der Waals surface area contributed by atoms with Crippen molar-refractivity contribution in [2.75, 3.05) is 6.61 Å². The maximum absolute atomic E-state index is 12.4. The number of ether oxygens (including phenoxy) is 1. The zero-order valence-corrected chi connectivity index (χ0v) is 14.6. The number of esters is 1. The van der Waals surface area contributed by atoms with E-state index >= 15 is 0 Å². The first-order valence-electron chi connectivity index (χ1n) is 7.81. The molecule has 0 saturated carbocycles. The van der Waals surface area contributed by atoms with Crippen LogP contribution in [0.15, 0.2) is 18.2 Å². The standard InChI is InChI=1S/C17H25NO3S/c1-5-21-16(19)14-10-6-9-13-12(14)8-7-11-15(13)18-22(20)17(2,3)4/h6,9-10,15,18H,5,7-8,11H2,1-4H3/t15-,22-/m0/s1. The zero-order chi connectivity index (χ0) is 16.3. The predicted octanol–water partition coefficient (Wildman–Crippen LogP) is 3.29. The van der Waals surface area contributed by atoms with Crippen molar-refractivity contribution in [3.8, 4) is 0 Å². The molecule has 0 radical (unpaired) electrons. The number of rotatable bonds is 4. The molecule has 0 heterocycles. The number of nitrogens with one attached hydrogen (secondary N) is 1. The van der Waals surface area contributed by atoms with Gasteiger partial charge in [0.25, 0.3) is 0 Å². The molecule has 4 nitrogen and oxygen atoms in total. The Morgan fingerprint density at radius 2 is 2.18 bits per heavy atom. The van der Waals surface area contributed by atoms with Crippen LogP contribution in [0.2, 0.25) is 0 Å². The zero-order valence-electron chi connectivity index (χ0n) is 13.8. The van der Waals surface area contributed by atoms with Crippen molar-refractivity contribution in [3.05, 3.63) is 34.9 Å². The summed E-state index contributed by atoms with van der Waals surface area (Å²) in [7, 11) is 0. The van der Waals surface area contributed by atoms with Gasteiger partial charge in [0.2, 0.25) is 0 Å². The van der Waals surface area contributed by atoms with Crippen LogP contribution in [0.5, 0.6) is 0 Å². The molecule has 1 aliphatic rings. The Balaban J connectivity index is 2.28. The van der Waals surface area contributed by atoms with Gasteiger partial charge in [-0.25, -0.2) is 4.79 Å². The van der Waals surface area contributed by atoms with Crippen molar-refractivity contribution >= 4 is 17.3 Å². The number of carbonyl (C=O) groups excluding carboxylic acids is 1. The lowest BCUT2D eigenvalue weighted by Crippen LogP contribution is -2.42. The largest absolute Gasteiger partial charge is 0.598 e. The Kier molecular flexibility index (Phi) is 5.53. The number of hydrogen-bond acceptors (Lipinski definition) is 4. The summed E-state index contributed by atoms with van der Waals surface area (Å²) in [5.41, 5.74) is 2.76. The quantitative estimate of drug-likeness (QED) is 0.682. The lowest BCUT2D eigenvalue weighted by Gasteiger charge is -2.31. The molecule has 0 aliphatic heterocycles. The highest BCUT2D eigenvalue weighted by Crippen LogP contribution is 2.33. The van der Waals surface area contributed by atoms with Crippen molar-refractivity contribution < 1.29 is 14.1 Å². The minimum absolute atomic E-state index is 0.0261. The van der Waals surface area contributed by atoms with Crippen molar-refractivity contribution in [1.29, 1.82) is 0 Å². The molecule has 0 amide bonds. The molecule has 0 bridgehead atoms. The van der Waals surface area contributed by atoms with E-state index in [1.54, 1.807) is 0 Å². The molecule has 1 aliphatic carbocycles. The van der Waals surface area contributed by atoms with Crippen LogP contribution in [-0.4, -0.2) is 21.9 Å². The van der Waals surface area contributed by atoms with E-state index in [1.807, 2.05) is 45.9 Å². The highest BCUT2D eigenvalue weighted by Gasteiger charge is 2.32. The van der Waals surface area contributed by atoms with Gasteiger partial charge in [0.05, 0.1) is 18.2 Å². The smallest absolute Gasteiger partial charge is 0.338 e. The van der Waals surface area contributed by atoms with Crippen LogP contribution < -0.4 is 4.72 Å². The third kappa shape index (κ3) is 3.83. The molecule has 122 valence electrons. The maximum atomic E-state index is 12.4. The van der Waals surface area contributed by atoms with Crippen molar-refractivity contribution in [1.82, 2.24) is 4.72 Å². The van der Waals surface area contributed by atoms with E-state index in [0.29, 0.717) is 12.2 Å². The second-order valence-electron chi connectivity index (χ2n) is 6.54. The summed E-state index contributed by atoms with van der Waals surface area (Å²) >= 11 is -1.13.